The number of rotatable bonds is 8. The molecule has 7 nitrogen and oxygen atoms in total. The van der Waals surface area contributed by atoms with Crippen molar-refractivity contribution in [1.29, 1.82) is 0 Å². The molecule has 0 spiro atoms. The van der Waals surface area contributed by atoms with Gasteiger partial charge in [0.25, 0.3) is 5.91 Å². The Hall–Kier alpha value is -3.06. The van der Waals surface area contributed by atoms with Crippen molar-refractivity contribution >= 4 is 5.91 Å². The Morgan fingerprint density at radius 3 is 3.00 bits per heavy atom. The fourth-order valence-corrected chi connectivity index (χ4v) is 4.27. The van der Waals surface area contributed by atoms with Crippen LogP contribution in [-0.2, 0) is 32.9 Å². The highest BCUT2D eigenvalue weighted by atomic mass is 16.5. The number of carbonyl (C=O) groups is 1. The molecule has 0 saturated heterocycles. The van der Waals surface area contributed by atoms with Gasteiger partial charge in [0, 0.05) is 31.4 Å². The molecule has 0 aliphatic heterocycles. The van der Waals surface area contributed by atoms with E-state index in [0.29, 0.717) is 18.3 Å². The van der Waals surface area contributed by atoms with Gasteiger partial charge in [0.05, 0.1) is 19.9 Å². The van der Waals surface area contributed by atoms with Crippen molar-refractivity contribution < 1.29 is 13.9 Å². The SMILES string of the molecule is COc1cccc(CCNC2CCc3c(c(C(=O)N(C)Cc4ccco4)nn3C)C2)c1. The summed E-state index contributed by atoms with van der Waals surface area (Å²) in [6.07, 6.45) is 5.34. The highest BCUT2D eigenvalue weighted by molar-refractivity contribution is 5.94. The van der Waals surface area contributed by atoms with E-state index in [1.807, 2.05) is 36.0 Å². The van der Waals surface area contributed by atoms with E-state index >= 15 is 0 Å². The number of aromatic nitrogens is 2. The highest BCUT2D eigenvalue weighted by Crippen LogP contribution is 2.25. The fourth-order valence-electron chi connectivity index (χ4n) is 4.27. The van der Waals surface area contributed by atoms with Gasteiger partial charge in [-0.2, -0.15) is 5.10 Å². The molecule has 1 aliphatic rings. The lowest BCUT2D eigenvalue weighted by molar-refractivity contribution is 0.0767. The zero-order chi connectivity index (χ0) is 21.8. The number of aryl methyl sites for hydroxylation is 1. The smallest absolute Gasteiger partial charge is 0.274 e. The number of nitrogens with one attached hydrogen (secondary N) is 1. The van der Waals surface area contributed by atoms with E-state index in [2.05, 4.69) is 22.5 Å². The lowest BCUT2D eigenvalue weighted by atomic mass is 9.91. The van der Waals surface area contributed by atoms with E-state index in [-0.39, 0.29) is 5.91 Å². The van der Waals surface area contributed by atoms with Crippen LogP contribution in [0, 0.1) is 0 Å². The third kappa shape index (κ3) is 4.82. The lowest BCUT2D eigenvalue weighted by Crippen LogP contribution is -2.37. The number of hydrogen-bond donors (Lipinski definition) is 1. The van der Waals surface area contributed by atoms with Crippen molar-refractivity contribution in [2.45, 2.75) is 38.3 Å². The molecule has 0 radical (unpaired) electrons. The van der Waals surface area contributed by atoms with Gasteiger partial charge in [-0.25, -0.2) is 0 Å². The maximum absolute atomic E-state index is 13.1. The summed E-state index contributed by atoms with van der Waals surface area (Å²) in [6.45, 7) is 1.31. The van der Waals surface area contributed by atoms with Crippen LogP contribution in [0.15, 0.2) is 47.1 Å². The van der Waals surface area contributed by atoms with Gasteiger partial charge in [0.2, 0.25) is 0 Å². The van der Waals surface area contributed by atoms with E-state index < -0.39 is 0 Å². The molecule has 4 rings (SSSR count). The van der Waals surface area contributed by atoms with Gasteiger partial charge in [-0.1, -0.05) is 12.1 Å². The highest BCUT2D eigenvalue weighted by Gasteiger charge is 2.29. The lowest BCUT2D eigenvalue weighted by Gasteiger charge is -2.25. The number of methoxy groups -OCH3 is 1. The molecular weight excluding hydrogens is 392 g/mol. The van der Waals surface area contributed by atoms with Crippen molar-refractivity contribution in [3.8, 4) is 5.75 Å². The van der Waals surface area contributed by atoms with Gasteiger partial charge in [0.1, 0.15) is 11.5 Å². The Balaban J connectivity index is 1.39. The molecule has 31 heavy (non-hydrogen) atoms. The average molecular weight is 423 g/mol. The first-order valence-electron chi connectivity index (χ1n) is 10.7. The number of hydrogen-bond acceptors (Lipinski definition) is 5. The second kappa shape index (κ2) is 9.39. The molecule has 1 aromatic carbocycles. The standard InChI is InChI=1S/C24H30N4O3/c1-27(16-20-8-5-13-31-20)24(29)23-21-15-18(9-10-22(21)28(2)26-23)25-12-11-17-6-4-7-19(14-17)30-3/h4-8,13-14,18,25H,9-12,15-16H2,1-3H3. The van der Waals surface area contributed by atoms with Crippen LogP contribution in [0.1, 0.15) is 39.5 Å². The largest absolute Gasteiger partial charge is 0.497 e. The number of furan rings is 1. The van der Waals surface area contributed by atoms with Gasteiger partial charge in [-0.15, -0.1) is 0 Å². The van der Waals surface area contributed by atoms with Crippen LogP contribution in [0.25, 0.3) is 0 Å². The van der Waals surface area contributed by atoms with Crippen molar-refractivity contribution in [2.24, 2.45) is 7.05 Å². The molecule has 0 bridgehead atoms. The molecule has 1 unspecified atom stereocenters. The summed E-state index contributed by atoms with van der Waals surface area (Å²) >= 11 is 0. The van der Waals surface area contributed by atoms with Gasteiger partial charge < -0.3 is 19.4 Å². The van der Waals surface area contributed by atoms with Crippen LogP contribution in [0.4, 0.5) is 0 Å². The van der Waals surface area contributed by atoms with Gasteiger partial charge in [-0.05, 0) is 62.1 Å². The first kappa shape index (κ1) is 21.2. The Labute approximate surface area is 183 Å². The summed E-state index contributed by atoms with van der Waals surface area (Å²) in [7, 11) is 5.41. The normalized spacial score (nSPS) is 15.5. The molecule has 1 aliphatic carbocycles. The minimum Gasteiger partial charge on any atom is -0.497 e. The molecule has 1 atom stereocenters. The zero-order valence-electron chi connectivity index (χ0n) is 18.4. The number of nitrogens with zero attached hydrogens (tertiary/aromatic N) is 3. The van der Waals surface area contributed by atoms with Crippen LogP contribution in [0.3, 0.4) is 0 Å². The molecule has 7 heteroatoms. The van der Waals surface area contributed by atoms with Crippen LogP contribution < -0.4 is 10.1 Å². The number of carbonyl (C=O) groups excluding carboxylic acids is 1. The van der Waals surface area contributed by atoms with Crippen molar-refractivity contribution in [1.82, 2.24) is 20.0 Å². The fraction of sp³-hybridized carbons (Fsp3) is 0.417. The van der Waals surface area contributed by atoms with Crippen LogP contribution in [0.2, 0.25) is 0 Å². The maximum Gasteiger partial charge on any atom is 0.274 e. The molecule has 164 valence electrons. The van der Waals surface area contributed by atoms with Crippen LogP contribution >= 0.6 is 0 Å². The molecule has 0 saturated carbocycles. The van der Waals surface area contributed by atoms with Crippen LogP contribution in [-0.4, -0.2) is 47.3 Å². The second-order valence-electron chi connectivity index (χ2n) is 8.13. The Bertz CT molecular complexity index is 1030. The summed E-state index contributed by atoms with van der Waals surface area (Å²) in [5, 5.41) is 8.25. The predicted molar refractivity (Wildman–Crippen MR) is 118 cm³/mol. The van der Waals surface area contributed by atoms with E-state index in [1.54, 1.807) is 25.3 Å². The molecule has 2 heterocycles. The second-order valence-corrected chi connectivity index (χ2v) is 8.13. The number of ether oxygens (including phenoxy) is 1. The summed E-state index contributed by atoms with van der Waals surface area (Å²) in [4.78, 5) is 14.8. The van der Waals surface area contributed by atoms with Crippen molar-refractivity contribution in [2.75, 3.05) is 20.7 Å². The number of benzene rings is 1. The number of amides is 1. The molecule has 1 amide bonds. The first-order chi connectivity index (χ1) is 15.0. The third-order valence-corrected chi connectivity index (χ3v) is 5.96. The molecule has 2 aromatic heterocycles. The van der Waals surface area contributed by atoms with E-state index in [0.717, 1.165) is 49.3 Å². The predicted octanol–water partition coefficient (Wildman–Crippen LogP) is 2.98. The molecule has 3 aromatic rings. The van der Waals surface area contributed by atoms with Gasteiger partial charge in [-0.3, -0.25) is 9.48 Å². The Morgan fingerprint density at radius 2 is 2.23 bits per heavy atom. The third-order valence-electron chi connectivity index (χ3n) is 5.96. The minimum absolute atomic E-state index is 0.0646. The molecule has 0 fully saturated rings. The Kier molecular flexibility index (Phi) is 6.42. The zero-order valence-corrected chi connectivity index (χ0v) is 18.4. The summed E-state index contributed by atoms with van der Waals surface area (Å²) in [5.74, 6) is 1.58. The van der Waals surface area contributed by atoms with Gasteiger partial charge >= 0.3 is 0 Å². The average Bonchev–Trinajstić information content (AvgIpc) is 3.41. The molecule has 1 N–H and O–H groups in total. The molecular formula is C24H30N4O3. The quantitative estimate of drug-likeness (QED) is 0.604. The monoisotopic (exact) mass is 422 g/mol. The summed E-state index contributed by atoms with van der Waals surface area (Å²) < 4.78 is 12.6. The minimum atomic E-state index is -0.0646. The summed E-state index contributed by atoms with van der Waals surface area (Å²) in [6, 6.07) is 12.2. The van der Waals surface area contributed by atoms with Crippen molar-refractivity contribution in [3.05, 3.63) is 70.9 Å². The van der Waals surface area contributed by atoms with Gasteiger partial charge in [0.15, 0.2) is 5.69 Å². The van der Waals surface area contributed by atoms with Crippen molar-refractivity contribution in [3.63, 3.8) is 0 Å². The van der Waals surface area contributed by atoms with E-state index in [9.17, 15) is 4.79 Å². The maximum atomic E-state index is 13.1. The first-order valence-corrected chi connectivity index (χ1v) is 10.7. The number of fused-ring (bicyclic) bond motifs is 1. The topological polar surface area (TPSA) is 72.5 Å². The Morgan fingerprint density at radius 1 is 1.35 bits per heavy atom. The van der Waals surface area contributed by atoms with Crippen LogP contribution in [0.5, 0.6) is 5.75 Å². The van der Waals surface area contributed by atoms with E-state index in [4.69, 9.17) is 9.15 Å². The summed E-state index contributed by atoms with van der Waals surface area (Å²) in [5.41, 5.74) is 4.05. The van der Waals surface area contributed by atoms with E-state index in [1.165, 1.54) is 11.3 Å².